The number of aromatic amines is 1. The average molecular weight is 240 g/mol. The van der Waals surface area contributed by atoms with Gasteiger partial charge in [-0.25, -0.2) is 0 Å². The molecular weight excluding hydrogens is 230 g/mol. The van der Waals surface area contributed by atoms with Crippen LogP contribution >= 0.6 is 15.9 Å². The Morgan fingerprint density at radius 2 is 2.23 bits per heavy atom. The number of fused-ring (bicyclic) bond motifs is 1. The topological polar surface area (TPSA) is 36.0 Å². The van der Waals surface area contributed by atoms with Crippen molar-refractivity contribution in [3.8, 4) is 0 Å². The zero-order valence-corrected chi connectivity index (χ0v) is 8.85. The molecule has 68 valence electrons. The SMILES string of the molecule is Cc1cc2c(CO)ccc(Br)c2[nH]1. The molecule has 0 fully saturated rings. The maximum absolute atomic E-state index is 9.11. The Balaban J connectivity index is 2.83. The van der Waals surface area contributed by atoms with Crippen LogP contribution in [0.3, 0.4) is 0 Å². The minimum atomic E-state index is 0.0844. The molecule has 0 spiro atoms. The highest BCUT2D eigenvalue weighted by Crippen LogP contribution is 2.27. The molecule has 0 saturated carbocycles. The first-order chi connectivity index (χ1) is 6.22. The van der Waals surface area contributed by atoms with Gasteiger partial charge in [-0.15, -0.1) is 0 Å². The molecule has 1 aromatic carbocycles. The van der Waals surface area contributed by atoms with Crippen molar-refractivity contribution in [2.24, 2.45) is 0 Å². The number of aromatic nitrogens is 1. The molecule has 1 aromatic heterocycles. The third-order valence-electron chi connectivity index (χ3n) is 2.14. The van der Waals surface area contributed by atoms with Crippen LogP contribution in [0.1, 0.15) is 11.3 Å². The normalized spacial score (nSPS) is 11.0. The molecule has 13 heavy (non-hydrogen) atoms. The summed E-state index contributed by atoms with van der Waals surface area (Å²) < 4.78 is 1.04. The molecule has 1 heterocycles. The smallest absolute Gasteiger partial charge is 0.0688 e. The first kappa shape index (κ1) is 8.78. The van der Waals surface area contributed by atoms with Crippen LogP contribution in [0.4, 0.5) is 0 Å². The van der Waals surface area contributed by atoms with Crippen molar-refractivity contribution in [3.63, 3.8) is 0 Å². The molecule has 2 N–H and O–H groups in total. The van der Waals surface area contributed by atoms with Gasteiger partial charge in [-0.05, 0) is 40.5 Å². The highest BCUT2D eigenvalue weighted by Gasteiger charge is 2.05. The molecule has 3 heteroatoms. The second kappa shape index (κ2) is 3.16. The van der Waals surface area contributed by atoms with Gasteiger partial charge in [0, 0.05) is 15.6 Å². The van der Waals surface area contributed by atoms with Crippen LogP contribution in [0.5, 0.6) is 0 Å². The van der Waals surface area contributed by atoms with Gasteiger partial charge >= 0.3 is 0 Å². The molecule has 0 aliphatic rings. The lowest BCUT2D eigenvalue weighted by Gasteiger charge is -1.99. The van der Waals surface area contributed by atoms with Gasteiger partial charge in [0.25, 0.3) is 0 Å². The van der Waals surface area contributed by atoms with E-state index < -0.39 is 0 Å². The van der Waals surface area contributed by atoms with Gasteiger partial charge in [0.2, 0.25) is 0 Å². The zero-order valence-electron chi connectivity index (χ0n) is 7.26. The van der Waals surface area contributed by atoms with Gasteiger partial charge in [-0.3, -0.25) is 0 Å². The third-order valence-corrected chi connectivity index (χ3v) is 2.80. The molecule has 0 bridgehead atoms. The molecule has 0 atom stereocenters. The van der Waals surface area contributed by atoms with Crippen molar-refractivity contribution >= 4 is 26.8 Å². The summed E-state index contributed by atoms with van der Waals surface area (Å²) in [6.07, 6.45) is 0. The highest BCUT2D eigenvalue weighted by atomic mass is 79.9. The largest absolute Gasteiger partial charge is 0.392 e. The van der Waals surface area contributed by atoms with Crippen LogP contribution in [0.2, 0.25) is 0 Å². The summed E-state index contributed by atoms with van der Waals surface area (Å²) in [4.78, 5) is 3.24. The number of aliphatic hydroxyl groups excluding tert-OH is 1. The van der Waals surface area contributed by atoms with E-state index in [0.29, 0.717) is 0 Å². The van der Waals surface area contributed by atoms with E-state index in [9.17, 15) is 0 Å². The molecule has 0 amide bonds. The highest BCUT2D eigenvalue weighted by molar-refractivity contribution is 9.10. The fourth-order valence-corrected chi connectivity index (χ4v) is 1.96. The number of benzene rings is 1. The summed E-state index contributed by atoms with van der Waals surface area (Å²) in [7, 11) is 0. The molecule has 0 aliphatic carbocycles. The van der Waals surface area contributed by atoms with Crippen molar-refractivity contribution in [2.45, 2.75) is 13.5 Å². The minimum absolute atomic E-state index is 0.0844. The van der Waals surface area contributed by atoms with E-state index >= 15 is 0 Å². The fourth-order valence-electron chi connectivity index (χ4n) is 1.52. The molecular formula is C10H10BrNO. The first-order valence-corrected chi connectivity index (χ1v) is 4.89. The van der Waals surface area contributed by atoms with Gasteiger partial charge in [-0.1, -0.05) is 6.07 Å². The monoisotopic (exact) mass is 239 g/mol. The summed E-state index contributed by atoms with van der Waals surface area (Å²) in [5.41, 5.74) is 3.13. The predicted octanol–water partition coefficient (Wildman–Crippen LogP) is 2.73. The maximum atomic E-state index is 9.11. The Morgan fingerprint density at radius 3 is 2.92 bits per heavy atom. The Kier molecular flexibility index (Phi) is 2.14. The molecule has 0 unspecified atom stereocenters. The molecule has 2 nitrogen and oxygen atoms in total. The molecule has 0 radical (unpaired) electrons. The van der Waals surface area contributed by atoms with E-state index in [-0.39, 0.29) is 6.61 Å². The van der Waals surface area contributed by atoms with Gasteiger partial charge in [0.1, 0.15) is 0 Å². The Hall–Kier alpha value is -0.800. The van der Waals surface area contributed by atoms with E-state index in [1.807, 2.05) is 25.1 Å². The van der Waals surface area contributed by atoms with Gasteiger partial charge in [-0.2, -0.15) is 0 Å². The van der Waals surface area contributed by atoms with Crippen molar-refractivity contribution in [1.29, 1.82) is 0 Å². The molecule has 0 aliphatic heterocycles. The number of aryl methyl sites for hydroxylation is 1. The van der Waals surface area contributed by atoms with Gasteiger partial charge < -0.3 is 10.1 Å². The van der Waals surface area contributed by atoms with E-state index in [2.05, 4.69) is 20.9 Å². The summed E-state index contributed by atoms with van der Waals surface area (Å²) in [6.45, 7) is 2.09. The number of hydrogen-bond acceptors (Lipinski definition) is 1. The summed E-state index contributed by atoms with van der Waals surface area (Å²) in [6, 6.07) is 5.93. The standard InChI is InChI=1S/C10H10BrNO/c1-6-4-8-7(5-13)2-3-9(11)10(8)12-6/h2-4,12-13H,5H2,1H3. The lowest BCUT2D eigenvalue weighted by Crippen LogP contribution is -1.83. The number of rotatable bonds is 1. The van der Waals surface area contributed by atoms with Crippen LogP contribution in [0, 0.1) is 6.92 Å². The van der Waals surface area contributed by atoms with Crippen LogP contribution < -0.4 is 0 Å². The van der Waals surface area contributed by atoms with Gasteiger partial charge in [0.05, 0.1) is 12.1 Å². The summed E-state index contributed by atoms with van der Waals surface area (Å²) in [5, 5.41) is 10.2. The summed E-state index contributed by atoms with van der Waals surface area (Å²) >= 11 is 3.46. The number of halogens is 1. The summed E-state index contributed by atoms with van der Waals surface area (Å²) in [5.74, 6) is 0. The Labute approximate surface area is 84.7 Å². The van der Waals surface area contributed by atoms with Crippen molar-refractivity contribution in [2.75, 3.05) is 0 Å². The first-order valence-electron chi connectivity index (χ1n) is 4.10. The maximum Gasteiger partial charge on any atom is 0.0688 e. The predicted molar refractivity (Wildman–Crippen MR) is 56.7 cm³/mol. The second-order valence-corrected chi connectivity index (χ2v) is 3.96. The van der Waals surface area contributed by atoms with Gasteiger partial charge in [0.15, 0.2) is 0 Å². The molecule has 2 aromatic rings. The number of H-pyrrole nitrogens is 1. The van der Waals surface area contributed by atoms with E-state index in [1.54, 1.807) is 0 Å². The lowest BCUT2D eigenvalue weighted by atomic mass is 10.1. The number of nitrogens with one attached hydrogen (secondary N) is 1. The van der Waals surface area contributed by atoms with Crippen LogP contribution in [-0.4, -0.2) is 10.1 Å². The van der Waals surface area contributed by atoms with Crippen LogP contribution in [0.15, 0.2) is 22.7 Å². The average Bonchev–Trinajstić information content (AvgIpc) is 2.48. The van der Waals surface area contributed by atoms with Crippen molar-refractivity contribution < 1.29 is 5.11 Å². The zero-order chi connectivity index (χ0) is 9.42. The molecule has 0 saturated heterocycles. The quantitative estimate of drug-likeness (QED) is 0.789. The Morgan fingerprint density at radius 1 is 1.46 bits per heavy atom. The van der Waals surface area contributed by atoms with Crippen LogP contribution in [0.25, 0.3) is 10.9 Å². The van der Waals surface area contributed by atoms with Crippen molar-refractivity contribution in [3.05, 3.63) is 33.9 Å². The number of hydrogen-bond donors (Lipinski definition) is 2. The van der Waals surface area contributed by atoms with Crippen molar-refractivity contribution in [1.82, 2.24) is 4.98 Å². The second-order valence-electron chi connectivity index (χ2n) is 3.11. The fraction of sp³-hybridized carbons (Fsp3) is 0.200. The number of aliphatic hydroxyl groups is 1. The molecule has 2 rings (SSSR count). The Bertz CT molecular complexity index is 447. The lowest BCUT2D eigenvalue weighted by molar-refractivity contribution is 0.283. The minimum Gasteiger partial charge on any atom is -0.392 e. The third kappa shape index (κ3) is 1.38. The van der Waals surface area contributed by atoms with E-state index in [0.717, 1.165) is 26.6 Å². The van der Waals surface area contributed by atoms with E-state index in [1.165, 1.54) is 0 Å². The van der Waals surface area contributed by atoms with E-state index in [4.69, 9.17) is 5.11 Å². The van der Waals surface area contributed by atoms with Crippen LogP contribution in [-0.2, 0) is 6.61 Å².